The molecule has 28 heavy (non-hydrogen) atoms. The summed E-state index contributed by atoms with van der Waals surface area (Å²) in [6, 6.07) is 8.92. The Kier molecular flexibility index (Phi) is 11.2. The number of guanidine groups is 1. The van der Waals surface area contributed by atoms with Crippen molar-refractivity contribution in [1.29, 1.82) is 0 Å². The van der Waals surface area contributed by atoms with Gasteiger partial charge in [0.1, 0.15) is 5.75 Å². The molecule has 1 aromatic carbocycles. The minimum atomic E-state index is 0. The fourth-order valence-electron chi connectivity index (χ4n) is 3.30. The van der Waals surface area contributed by atoms with Crippen LogP contribution in [0.3, 0.4) is 0 Å². The molecule has 5 nitrogen and oxygen atoms in total. The second-order valence-corrected chi connectivity index (χ2v) is 7.72. The van der Waals surface area contributed by atoms with Crippen molar-refractivity contribution in [2.24, 2.45) is 10.9 Å². The summed E-state index contributed by atoms with van der Waals surface area (Å²) in [4.78, 5) is 4.97. The molecule has 0 aliphatic carbocycles. The van der Waals surface area contributed by atoms with Gasteiger partial charge in [0.2, 0.25) is 0 Å². The largest absolute Gasteiger partial charge is 0.494 e. The Morgan fingerprint density at radius 1 is 1.14 bits per heavy atom. The van der Waals surface area contributed by atoms with E-state index in [1.807, 2.05) is 6.92 Å². The molecule has 2 N–H and O–H groups in total. The van der Waals surface area contributed by atoms with E-state index in [-0.39, 0.29) is 29.4 Å². The first kappa shape index (κ1) is 25.0. The lowest BCUT2D eigenvalue weighted by Crippen LogP contribution is -2.45. The molecule has 0 radical (unpaired) electrons. The minimum Gasteiger partial charge on any atom is -0.494 e. The van der Waals surface area contributed by atoms with Crippen molar-refractivity contribution in [3.05, 3.63) is 29.8 Å². The van der Waals surface area contributed by atoms with Gasteiger partial charge in [0, 0.05) is 31.2 Å². The summed E-state index contributed by atoms with van der Waals surface area (Å²) >= 11 is 0. The van der Waals surface area contributed by atoms with Gasteiger partial charge in [0.25, 0.3) is 0 Å². The van der Waals surface area contributed by atoms with Gasteiger partial charge >= 0.3 is 0 Å². The number of rotatable bonds is 8. The first-order valence-electron chi connectivity index (χ1n) is 10.4. The van der Waals surface area contributed by atoms with Gasteiger partial charge in [0.15, 0.2) is 5.96 Å². The molecular weight excluding hydrogens is 465 g/mol. The Hall–Kier alpha value is -1.02. The maximum Gasteiger partial charge on any atom is 0.191 e. The summed E-state index contributed by atoms with van der Waals surface area (Å²) in [6.07, 6.45) is 1.98. The molecule has 1 aromatic rings. The highest BCUT2D eigenvalue weighted by molar-refractivity contribution is 14.0. The third kappa shape index (κ3) is 7.10. The quantitative estimate of drug-likeness (QED) is 0.315. The predicted octanol–water partition coefficient (Wildman–Crippen LogP) is 4.35. The molecule has 1 saturated heterocycles. The molecular formula is C22H38IN3O2. The molecule has 2 rings (SSSR count). The van der Waals surface area contributed by atoms with E-state index in [2.05, 4.69) is 62.6 Å². The number of aliphatic imine (C=N–C) groups is 1. The van der Waals surface area contributed by atoms with Gasteiger partial charge < -0.3 is 20.1 Å². The average Bonchev–Trinajstić information content (AvgIpc) is 2.67. The molecule has 0 bridgehead atoms. The van der Waals surface area contributed by atoms with Crippen LogP contribution in [-0.2, 0) is 10.2 Å². The van der Waals surface area contributed by atoms with Crippen molar-refractivity contribution in [1.82, 2.24) is 10.6 Å². The summed E-state index contributed by atoms with van der Waals surface area (Å²) in [5.41, 5.74) is 1.35. The molecule has 1 fully saturated rings. The van der Waals surface area contributed by atoms with E-state index >= 15 is 0 Å². The molecule has 1 aliphatic rings. The lowest BCUT2D eigenvalue weighted by molar-refractivity contribution is 0.0531. The number of ether oxygens (including phenoxy) is 2. The summed E-state index contributed by atoms with van der Waals surface area (Å²) in [5, 5.41) is 6.93. The number of halogens is 1. The highest BCUT2D eigenvalue weighted by atomic mass is 127. The summed E-state index contributed by atoms with van der Waals surface area (Å²) in [7, 11) is 0. The fraction of sp³-hybridized carbons (Fsp3) is 0.682. The second kappa shape index (κ2) is 12.5. The van der Waals surface area contributed by atoms with Crippen molar-refractivity contribution in [2.75, 3.05) is 32.9 Å². The van der Waals surface area contributed by atoms with Crippen molar-refractivity contribution >= 4 is 29.9 Å². The highest BCUT2D eigenvalue weighted by Crippen LogP contribution is 2.36. The third-order valence-electron chi connectivity index (χ3n) is 5.48. The van der Waals surface area contributed by atoms with Gasteiger partial charge in [-0.05, 0) is 57.2 Å². The van der Waals surface area contributed by atoms with Gasteiger partial charge in [0.05, 0.1) is 13.2 Å². The van der Waals surface area contributed by atoms with E-state index in [0.29, 0.717) is 18.6 Å². The van der Waals surface area contributed by atoms with E-state index in [9.17, 15) is 0 Å². The number of nitrogens with zero attached hydrogens (tertiary/aromatic N) is 1. The van der Waals surface area contributed by atoms with Crippen LogP contribution < -0.4 is 15.4 Å². The first-order valence-corrected chi connectivity index (χ1v) is 10.4. The van der Waals surface area contributed by atoms with Crippen molar-refractivity contribution < 1.29 is 9.47 Å². The van der Waals surface area contributed by atoms with Crippen molar-refractivity contribution in [3.63, 3.8) is 0 Å². The van der Waals surface area contributed by atoms with Gasteiger partial charge in [-0.1, -0.05) is 26.0 Å². The number of hydrogen-bond acceptors (Lipinski definition) is 3. The summed E-state index contributed by atoms with van der Waals surface area (Å²) < 4.78 is 11.3. The molecule has 6 heteroatoms. The molecule has 1 aliphatic heterocycles. The molecule has 0 saturated carbocycles. The van der Waals surface area contributed by atoms with Crippen molar-refractivity contribution in [3.8, 4) is 5.75 Å². The molecule has 0 aromatic heterocycles. The van der Waals surface area contributed by atoms with Crippen LogP contribution in [0.4, 0.5) is 0 Å². The third-order valence-corrected chi connectivity index (χ3v) is 5.48. The maximum atomic E-state index is 5.65. The van der Waals surface area contributed by atoms with Gasteiger partial charge in [-0.2, -0.15) is 0 Å². The zero-order chi connectivity index (χ0) is 19.7. The predicted molar refractivity (Wildman–Crippen MR) is 128 cm³/mol. The topological polar surface area (TPSA) is 54.9 Å². The molecule has 1 atom stereocenters. The van der Waals surface area contributed by atoms with E-state index in [0.717, 1.165) is 50.9 Å². The molecule has 1 unspecified atom stereocenters. The van der Waals surface area contributed by atoms with Crippen LogP contribution in [0.25, 0.3) is 0 Å². The highest BCUT2D eigenvalue weighted by Gasteiger charge is 2.34. The normalized spacial score (nSPS) is 17.6. The van der Waals surface area contributed by atoms with E-state index in [4.69, 9.17) is 14.5 Å². The Labute approximate surface area is 188 Å². The first-order chi connectivity index (χ1) is 13.0. The monoisotopic (exact) mass is 503 g/mol. The average molecular weight is 503 g/mol. The number of nitrogens with one attached hydrogen (secondary N) is 2. The number of benzene rings is 1. The molecule has 0 spiro atoms. The zero-order valence-electron chi connectivity index (χ0n) is 18.1. The molecule has 0 amide bonds. The maximum absolute atomic E-state index is 5.65. The zero-order valence-corrected chi connectivity index (χ0v) is 20.4. The smallest absolute Gasteiger partial charge is 0.191 e. The Morgan fingerprint density at radius 2 is 1.79 bits per heavy atom. The molecule has 160 valence electrons. The van der Waals surface area contributed by atoms with E-state index in [1.165, 1.54) is 5.56 Å². The van der Waals surface area contributed by atoms with Crippen LogP contribution in [0.2, 0.25) is 0 Å². The van der Waals surface area contributed by atoms with E-state index in [1.54, 1.807) is 0 Å². The second-order valence-electron chi connectivity index (χ2n) is 7.72. The van der Waals surface area contributed by atoms with Crippen LogP contribution in [0.1, 0.15) is 53.0 Å². The van der Waals surface area contributed by atoms with Gasteiger partial charge in [-0.3, -0.25) is 4.99 Å². The number of hydrogen-bond donors (Lipinski definition) is 2. The lowest BCUT2D eigenvalue weighted by atomic mass is 9.74. The Bertz CT molecular complexity index is 584. The van der Waals surface area contributed by atoms with Crippen LogP contribution in [0.5, 0.6) is 5.75 Å². The van der Waals surface area contributed by atoms with Gasteiger partial charge in [-0.25, -0.2) is 0 Å². The van der Waals surface area contributed by atoms with Gasteiger partial charge in [-0.15, -0.1) is 24.0 Å². The van der Waals surface area contributed by atoms with Crippen LogP contribution in [0.15, 0.2) is 29.3 Å². The summed E-state index contributed by atoms with van der Waals surface area (Å²) in [6.45, 7) is 14.6. The van der Waals surface area contributed by atoms with Crippen LogP contribution in [-0.4, -0.2) is 44.9 Å². The SMILES string of the molecule is CCNC(=NCC1(c2ccc(OCC)cc2)CCOCC1)NC(C)C(C)C.I. The molecule has 1 heterocycles. The summed E-state index contributed by atoms with van der Waals surface area (Å²) in [5.74, 6) is 2.38. The minimum absolute atomic E-state index is 0. The fourth-order valence-corrected chi connectivity index (χ4v) is 3.30. The lowest BCUT2D eigenvalue weighted by Gasteiger charge is -2.37. The van der Waals surface area contributed by atoms with Crippen molar-refractivity contribution in [2.45, 2.75) is 58.9 Å². The van der Waals surface area contributed by atoms with Crippen LogP contribution in [0, 0.1) is 5.92 Å². The van der Waals surface area contributed by atoms with E-state index < -0.39 is 0 Å². The van der Waals surface area contributed by atoms with Crippen LogP contribution >= 0.6 is 24.0 Å². The Balaban J connectivity index is 0.00000392. The Morgan fingerprint density at radius 3 is 2.32 bits per heavy atom. The standard InChI is InChI=1S/C22H37N3O2.HI/c1-6-23-21(25-18(5)17(3)4)24-16-22(12-14-26-15-13-22)19-8-10-20(11-9-19)27-7-2;/h8-11,17-18H,6-7,12-16H2,1-5H3,(H2,23,24,25);1H.